The predicted octanol–water partition coefficient (Wildman–Crippen LogP) is 6.60. The standard InChI is InChI=1S/C34H36N4O5/c1-6-42-29-16-22(12-13-28(29)43-20-21-10-8-7-9-11-21)31-30-26(18-34(2,3)19-27(30)39)35-33-36-32(37-38(31)33)23-14-24(40-4)17-25(15-23)41-5/h7-17,31H,6,18-20H2,1-5H3,(H,35,36,37). The number of Topliss-reactive ketones (excluding diaryl/α,β-unsaturated/α-hetero) is 1. The van der Waals surface area contributed by atoms with Crippen molar-refractivity contribution in [1.29, 1.82) is 0 Å². The van der Waals surface area contributed by atoms with Crippen molar-refractivity contribution >= 4 is 11.7 Å². The molecule has 0 bridgehead atoms. The maximum Gasteiger partial charge on any atom is 0.226 e. The van der Waals surface area contributed by atoms with E-state index in [2.05, 4.69) is 19.2 Å². The molecule has 1 N–H and O–H groups in total. The van der Waals surface area contributed by atoms with Crippen molar-refractivity contribution in [2.45, 2.75) is 46.3 Å². The number of hydrogen-bond acceptors (Lipinski definition) is 8. The third-order valence-electron chi connectivity index (χ3n) is 7.76. The molecule has 1 aromatic heterocycles. The summed E-state index contributed by atoms with van der Waals surface area (Å²) in [6.45, 7) is 7.05. The third kappa shape index (κ3) is 5.67. The van der Waals surface area contributed by atoms with Crippen LogP contribution in [0.1, 0.15) is 50.8 Å². The van der Waals surface area contributed by atoms with E-state index in [1.807, 2.05) is 67.6 Å². The van der Waals surface area contributed by atoms with Crippen LogP contribution in [0.3, 0.4) is 0 Å². The Morgan fingerprint density at radius 3 is 2.37 bits per heavy atom. The first-order valence-electron chi connectivity index (χ1n) is 14.5. The van der Waals surface area contributed by atoms with Crippen molar-refractivity contribution in [3.63, 3.8) is 0 Å². The summed E-state index contributed by atoms with van der Waals surface area (Å²) in [6, 6.07) is 20.9. The monoisotopic (exact) mass is 580 g/mol. The Labute approximate surface area is 251 Å². The molecule has 4 aromatic rings. The highest BCUT2D eigenvalue weighted by atomic mass is 16.5. The predicted molar refractivity (Wildman–Crippen MR) is 164 cm³/mol. The number of nitrogens with one attached hydrogen (secondary N) is 1. The number of carbonyl (C=O) groups excluding carboxylic acids is 1. The molecule has 43 heavy (non-hydrogen) atoms. The van der Waals surface area contributed by atoms with Gasteiger partial charge < -0.3 is 24.3 Å². The van der Waals surface area contributed by atoms with E-state index in [0.717, 1.165) is 28.8 Å². The molecule has 0 amide bonds. The van der Waals surface area contributed by atoms with Crippen molar-refractivity contribution in [2.24, 2.45) is 5.41 Å². The van der Waals surface area contributed by atoms with Gasteiger partial charge in [0.2, 0.25) is 5.95 Å². The van der Waals surface area contributed by atoms with Gasteiger partial charge in [0.15, 0.2) is 23.1 Å². The number of allylic oxidation sites excluding steroid dienone is 2. The molecule has 1 aliphatic carbocycles. The zero-order valence-corrected chi connectivity index (χ0v) is 25.1. The van der Waals surface area contributed by atoms with Gasteiger partial charge in [-0.3, -0.25) is 4.79 Å². The van der Waals surface area contributed by atoms with E-state index in [-0.39, 0.29) is 11.2 Å². The van der Waals surface area contributed by atoms with E-state index in [0.29, 0.717) is 60.0 Å². The quantitative estimate of drug-likeness (QED) is 0.237. The first-order chi connectivity index (χ1) is 20.8. The molecule has 1 unspecified atom stereocenters. The van der Waals surface area contributed by atoms with Crippen LogP contribution in [-0.2, 0) is 11.4 Å². The number of methoxy groups -OCH3 is 2. The summed E-state index contributed by atoms with van der Waals surface area (Å²) in [7, 11) is 3.21. The Morgan fingerprint density at radius 2 is 1.67 bits per heavy atom. The minimum absolute atomic E-state index is 0.0943. The van der Waals surface area contributed by atoms with Gasteiger partial charge in [-0.1, -0.05) is 50.2 Å². The molecule has 9 nitrogen and oxygen atoms in total. The molecule has 2 aliphatic rings. The Morgan fingerprint density at radius 1 is 0.930 bits per heavy atom. The Kier molecular flexibility index (Phi) is 7.56. The summed E-state index contributed by atoms with van der Waals surface area (Å²) >= 11 is 0. The second-order valence-electron chi connectivity index (χ2n) is 11.6. The van der Waals surface area contributed by atoms with Gasteiger partial charge in [0.25, 0.3) is 0 Å². The molecule has 0 saturated carbocycles. The summed E-state index contributed by atoms with van der Waals surface area (Å²) in [5, 5.41) is 8.39. The maximum atomic E-state index is 13.8. The molecular formula is C34H36N4O5. The number of fused-ring (bicyclic) bond motifs is 1. The summed E-state index contributed by atoms with van der Waals surface area (Å²) in [5.74, 6) is 3.66. The topological polar surface area (TPSA) is 96.7 Å². The number of ether oxygens (including phenoxy) is 4. The van der Waals surface area contributed by atoms with E-state index < -0.39 is 6.04 Å². The van der Waals surface area contributed by atoms with E-state index in [9.17, 15) is 4.79 Å². The molecule has 0 spiro atoms. The maximum absolute atomic E-state index is 13.8. The van der Waals surface area contributed by atoms with Crippen LogP contribution in [-0.4, -0.2) is 41.4 Å². The van der Waals surface area contributed by atoms with Crippen LogP contribution in [0.4, 0.5) is 5.95 Å². The fourth-order valence-electron chi connectivity index (χ4n) is 5.79. The van der Waals surface area contributed by atoms with E-state index in [1.165, 1.54) is 0 Å². The lowest BCUT2D eigenvalue weighted by molar-refractivity contribution is -0.118. The summed E-state index contributed by atoms with van der Waals surface area (Å²) in [4.78, 5) is 18.6. The average Bonchev–Trinajstić information content (AvgIpc) is 3.43. The van der Waals surface area contributed by atoms with Crippen LogP contribution in [0.5, 0.6) is 23.0 Å². The molecule has 0 saturated heterocycles. The normalized spacial score (nSPS) is 17.0. The molecule has 3 aromatic carbocycles. The van der Waals surface area contributed by atoms with E-state index in [4.69, 9.17) is 29.0 Å². The van der Waals surface area contributed by atoms with Gasteiger partial charge in [0.05, 0.1) is 20.8 Å². The SMILES string of the molecule is CCOc1cc(C2C3=C(CC(C)(C)CC3=O)Nc3nc(-c4cc(OC)cc(OC)c4)nn32)ccc1OCc1ccccc1. The fourth-order valence-corrected chi connectivity index (χ4v) is 5.79. The lowest BCUT2D eigenvalue weighted by Gasteiger charge is -2.38. The van der Waals surface area contributed by atoms with Gasteiger partial charge in [0.1, 0.15) is 24.1 Å². The number of benzene rings is 3. The van der Waals surface area contributed by atoms with Crippen molar-refractivity contribution in [3.05, 3.63) is 89.1 Å². The highest BCUT2D eigenvalue weighted by Gasteiger charge is 2.42. The van der Waals surface area contributed by atoms with Crippen molar-refractivity contribution in [2.75, 3.05) is 26.1 Å². The van der Waals surface area contributed by atoms with Gasteiger partial charge in [-0.15, -0.1) is 5.10 Å². The summed E-state index contributed by atoms with van der Waals surface area (Å²) in [5.41, 5.74) is 4.06. The highest BCUT2D eigenvalue weighted by molar-refractivity contribution is 6.00. The molecule has 6 rings (SSSR count). The summed E-state index contributed by atoms with van der Waals surface area (Å²) in [6.07, 6.45) is 1.17. The van der Waals surface area contributed by atoms with E-state index in [1.54, 1.807) is 25.0 Å². The minimum Gasteiger partial charge on any atom is -0.497 e. The van der Waals surface area contributed by atoms with Crippen molar-refractivity contribution in [1.82, 2.24) is 14.8 Å². The molecule has 1 aliphatic heterocycles. The van der Waals surface area contributed by atoms with E-state index >= 15 is 0 Å². The van der Waals surface area contributed by atoms with Gasteiger partial charge in [-0.2, -0.15) is 4.98 Å². The second kappa shape index (κ2) is 11.5. The molecule has 9 heteroatoms. The number of hydrogen-bond donors (Lipinski definition) is 1. The zero-order chi connectivity index (χ0) is 30.1. The van der Waals surface area contributed by atoms with Crippen LogP contribution in [0.2, 0.25) is 0 Å². The lowest BCUT2D eigenvalue weighted by atomic mass is 9.73. The van der Waals surface area contributed by atoms with Crippen LogP contribution in [0.15, 0.2) is 78.0 Å². The first kappa shape index (κ1) is 28.3. The van der Waals surface area contributed by atoms with Gasteiger partial charge in [-0.05, 0) is 54.2 Å². The molecular weight excluding hydrogens is 544 g/mol. The number of aromatic nitrogens is 3. The van der Waals surface area contributed by atoms with Crippen LogP contribution in [0.25, 0.3) is 11.4 Å². The molecule has 1 atom stereocenters. The Balaban J connectivity index is 1.44. The fraction of sp³-hybridized carbons (Fsp3) is 0.324. The highest BCUT2D eigenvalue weighted by Crippen LogP contribution is 2.47. The number of nitrogens with zero attached hydrogens (tertiary/aromatic N) is 3. The Hall–Kier alpha value is -4.79. The average molecular weight is 581 g/mol. The van der Waals surface area contributed by atoms with Crippen molar-refractivity contribution in [3.8, 4) is 34.4 Å². The lowest BCUT2D eigenvalue weighted by Crippen LogP contribution is -2.36. The minimum atomic E-state index is -0.494. The van der Waals surface area contributed by atoms with Gasteiger partial charge >= 0.3 is 0 Å². The van der Waals surface area contributed by atoms with Gasteiger partial charge in [0, 0.05) is 29.3 Å². The molecule has 0 fully saturated rings. The largest absolute Gasteiger partial charge is 0.497 e. The number of rotatable bonds is 9. The molecule has 222 valence electrons. The van der Waals surface area contributed by atoms with Crippen LogP contribution >= 0.6 is 0 Å². The Bertz CT molecular complexity index is 1670. The smallest absolute Gasteiger partial charge is 0.226 e. The van der Waals surface area contributed by atoms with Crippen molar-refractivity contribution < 1.29 is 23.7 Å². The molecule has 0 radical (unpaired) electrons. The van der Waals surface area contributed by atoms with Crippen LogP contribution in [0, 0.1) is 5.41 Å². The molecule has 2 heterocycles. The number of anilines is 1. The van der Waals surface area contributed by atoms with Crippen LogP contribution < -0.4 is 24.3 Å². The van der Waals surface area contributed by atoms with Gasteiger partial charge in [-0.25, -0.2) is 4.68 Å². The zero-order valence-electron chi connectivity index (χ0n) is 25.1. The second-order valence-corrected chi connectivity index (χ2v) is 11.6. The number of carbonyl (C=O) groups is 1. The third-order valence-corrected chi connectivity index (χ3v) is 7.76. The first-order valence-corrected chi connectivity index (χ1v) is 14.5. The summed E-state index contributed by atoms with van der Waals surface area (Å²) < 4.78 is 25.0. The number of ketones is 1.